The number of anilines is 1. The third-order valence-corrected chi connectivity index (χ3v) is 3.49. The Hall–Kier alpha value is -1.65. The molecule has 1 aromatic rings. The van der Waals surface area contributed by atoms with Gasteiger partial charge < -0.3 is 10.6 Å². The van der Waals surface area contributed by atoms with Crippen LogP contribution in [-0.4, -0.2) is 33.4 Å². The van der Waals surface area contributed by atoms with Gasteiger partial charge in [0.2, 0.25) is 0 Å². The van der Waals surface area contributed by atoms with Crippen LogP contribution in [0.2, 0.25) is 0 Å². The Morgan fingerprint density at radius 2 is 2.11 bits per heavy atom. The highest BCUT2D eigenvalue weighted by Gasteiger charge is 2.25. The van der Waals surface area contributed by atoms with Gasteiger partial charge in [-0.15, -0.1) is 0 Å². The van der Waals surface area contributed by atoms with Crippen LogP contribution in [0.1, 0.15) is 49.5 Å². The summed E-state index contributed by atoms with van der Waals surface area (Å²) >= 11 is 0. The molecule has 0 radical (unpaired) electrons. The summed E-state index contributed by atoms with van der Waals surface area (Å²) in [6, 6.07) is 0.347. The molecule has 1 aromatic heterocycles. The molecule has 2 N–H and O–H groups in total. The Bertz CT molecular complexity index is 415. The van der Waals surface area contributed by atoms with E-state index in [1.165, 1.54) is 31.7 Å². The van der Waals surface area contributed by atoms with E-state index in [9.17, 15) is 4.79 Å². The zero-order valence-corrected chi connectivity index (χ0v) is 10.8. The average Bonchev–Trinajstić information content (AvgIpc) is 2.41. The van der Waals surface area contributed by atoms with Crippen molar-refractivity contribution in [1.29, 1.82) is 0 Å². The minimum atomic E-state index is -0.0517. The first kappa shape index (κ1) is 12.8. The Balaban J connectivity index is 2.14. The lowest BCUT2D eigenvalue weighted by atomic mass is 9.94. The number of carbonyl (C=O) groups excluding carboxylic acids is 1. The fraction of sp³-hybridized carbons (Fsp3) is 0.615. The van der Waals surface area contributed by atoms with Crippen molar-refractivity contribution in [2.75, 3.05) is 12.3 Å². The minimum Gasteiger partial charge on any atom is -0.382 e. The number of carbonyl (C=O) groups is 1. The van der Waals surface area contributed by atoms with Crippen molar-refractivity contribution in [3.63, 3.8) is 0 Å². The number of nitrogens with zero attached hydrogens (tertiary/aromatic N) is 3. The van der Waals surface area contributed by atoms with Gasteiger partial charge in [0, 0.05) is 12.6 Å². The summed E-state index contributed by atoms with van der Waals surface area (Å²) in [4.78, 5) is 22.3. The molecular formula is C13H20N4O. The van der Waals surface area contributed by atoms with Crippen molar-refractivity contribution < 1.29 is 4.79 Å². The quantitative estimate of drug-likeness (QED) is 0.886. The molecule has 5 heteroatoms. The molecule has 0 bridgehead atoms. The maximum Gasteiger partial charge on any atom is 0.274 e. The molecule has 0 atom stereocenters. The third-order valence-electron chi connectivity index (χ3n) is 3.49. The Labute approximate surface area is 107 Å². The van der Waals surface area contributed by atoms with Crippen LogP contribution >= 0.6 is 0 Å². The van der Waals surface area contributed by atoms with E-state index < -0.39 is 0 Å². The molecule has 5 nitrogen and oxygen atoms in total. The number of hydrogen-bond donors (Lipinski definition) is 1. The van der Waals surface area contributed by atoms with E-state index in [2.05, 4.69) is 9.97 Å². The number of nitrogens with two attached hydrogens (primary N) is 1. The third kappa shape index (κ3) is 2.78. The molecular weight excluding hydrogens is 228 g/mol. The van der Waals surface area contributed by atoms with E-state index in [1.54, 1.807) is 0 Å². The van der Waals surface area contributed by atoms with Crippen LogP contribution in [0.5, 0.6) is 0 Å². The van der Waals surface area contributed by atoms with Crippen molar-refractivity contribution in [3.8, 4) is 0 Å². The maximum atomic E-state index is 12.4. The molecule has 0 spiro atoms. The summed E-state index contributed by atoms with van der Waals surface area (Å²) in [5, 5.41) is 0. The van der Waals surface area contributed by atoms with Crippen LogP contribution in [-0.2, 0) is 0 Å². The van der Waals surface area contributed by atoms with E-state index >= 15 is 0 Å². The largest absolute Gasteiger partial charge is 0.382 e. The predicted octanol–water partition coefficient (Wildman–Crippen LogP) is 1.85. The molecule has 0 aliphatic heterocycles. The summed E-state index contributed by atoms with van der Waals surface area (Å²) in [5.74, 6) is 0.241. The molecule has 1 heterocycles. The monoisotopic (exact) mass is 248 g/mol. The summed E-state index contributed by atoms with van der Waals surface area (Å²) in [6.45, 7) is 2.71. The van der Waals surface area contributed by atoms with Gasteiger partial charge in [0.15, 0.2) is 0 Å². The second-order valence-electron chi connectivity index (χ2n) is 4.71. The fourth-order valence-corrected chi connectivity index (χ4v) is 2.59. The highest BCUT2D eigenvalue weighted by Crippen LogP contribution is 2.23. The normalized spacial score (nSPS) is 16.5. The van der Waals surface area contributed by atoms with Crippen LogP contribution < -0.4 is 5.73 Å². The van der Waals surface area contributed by atoms with Gasteiger partial charge in [-0.2, -0.15) is 0 Å². The van der Waals surface area contributed by atoms with Crippen LogP contribution in [0.4, 0.5) is 5.82 Å². The summed E-state index contributed by atoms with van der Waals surface area (Å²) in [5.41, 5.74) is 5.92. The topological polar surface area (TPSA) is 72.1 Å². The first-order chi connectivity index (χ1) is 8.72. The summed E-state index contributed by atoms with van der Waals surface area (Å²) in [7, 11) is 0. The second kappa shape index (κ2) is 5.80. The molecule has 1 aliphatic rings. The van der Waals surface area contributed by atoms with Gasteiger partial charge >= 0.3 is 0 Å². The van der Waals surface area contributed by atoms with Crippen LogP contribution in [0.25, 0.3) is 0 Å². The number of aromatic nitrogens is 2. The number of rotatable bonds is 3. The van der Waals surface area contributed by atoms with E-state index in [1.807, 2.05) is 11.8 Å². The molecule has 2 rings (SSSR count). The lowest BCUT2D eigenvalue weighted by Gasteiger charge is -2.33. The maximum absolute atomic E-state index is 12.4. The highest BCUT2D eigenvalue weighted by atomic mass is 16.2. The molecule has 1 amide bonds. The molecule has 1 fully saturated rings. The highest BCUT2D eigenvalue weighted by molar-refractivity contribution is 5.92. The zero-order valence-electron chi connectivity index (χ0n) is 10.8. The van der Waals surface area contributed by atoms with Gasteiger partial charge in [-0.3, -0.25) is 9.78 Å². The first-order valence-corrected chi connectivity index (χ1v) is 6.61. The molecule has 1 aliphatic carbocycles. The lowest BCUT2D eigenvalue weighted by Crippen LogP contribution is -2.41. The number of hydrogen-bond acceptors (Lipinski definition) is 4. The SMILES string of the molecule is CCN(C(=O)c1cncc(N)n1)C1CCCCC1. The van der Waals surface area contributed by atoms with Crippen molar-refractivity contribution >= 4 is 11.7 Å². The van der Waals surface area contributed by atoms with Crippen molar-refractivity contribution in [2.24, 2.45) is 0 Å². The van der Waals surface area contributed by atoms with E-state index in [-0.39, 0.29) is 5.91 Å². The molecule has 1 saturated carbocycles. The van der Waals surface area contributed by atoms with E-state index in [4.69, 9.17) is 5.73 Å². The van der Waals surface area contributed by atoms with Gasteiger partial charge in [-0.05, 0) is 19.8 Å². The molecule has 18 heavy (non-hydrogen) atoms. The molecule has 0 unspecified atom stereocenters. The van der Waals surface area contributed by atoms with Gasteiger partial charge in [-0.25, -0.2) is 4.98 Å². The molecule has 0 saturated heterocycles. The summed E-state index contributed by atoms with van der Waals surface area (Å²) in [6.07, 6.45) is 8.82. The van der Waals surface area contributed by atoms with Gasteiger partial charge in [0.05, 0.1) is 12.4 Å². The Morgan fingerprint density at radius 3 is 2.72 bits per heavy atom. The standard InChI is InChI=1S/C13H20N4O/c1-2-17(10-6-4-3-5-7-10)13(18)11-8-15-9-12(14)16-11/h8-10H,2-7H2,1H3,(H2,14,16). The Morgan fingerprint density at radius 1 is 1.39 bits per heavy atom. The van der Waals surface area contributed by atoms with Gasteiger partial charge in [-0.1, -0.05) is 19.3 Å². The fourth-order valence-electron chi connectivity index (χ4n) is 2.59. The van der Waals surface area contributed by atoms with E-state index in [0.29, 0.717) is 24.1 Å². The smallest absolute Gasteiger partial charge is 0.274 e. The number of amides is 1. The average molecular weight is 248 g/mol. The predicted molar refractivity (Wildman–Crippen MR) is 70.0 cm³/mol. The lowest BCUT2D eigenvalue weighted by molar-refractivity contribution is 0.0641. The van der Waals surface area contributed by atoms with Crippen molar-refractivity contribution in [3.05, 3.63) is 18.1 Å². The van der Waals surface area contributed by atoms with Crippen molar-refractivity contribution in [1.82, 2.24) is 14.9 Å². The Kier molecular flexibility index (Phi) is 4.12. The number of nitrogen functional groups attached to an aromatic ring is 1. The molecule has 98 valence electrons. The van der Waals surface area contributed by atoms with Crippen LogP contribution in [0.3, 0.4) is 0 Å². The van der Waals surface area contributed by atoms with Crippen LogP contribution in [0, 0.1) is 0 Å². The zero-order chi connectivity index (χ0) is 13.0. The minimum absolute atomic E-state index is 0.0517. The van der Waals surface area contributed by atoms with Crippen LogP contribution in [0.15, 0.2) is 12.4 Å². The molecule has 0 aromatic carbocycles. The second-order valence-corrected chi connectivity index (χ2v) is 4.71. The van der Waals surface area contributed by atoms with Gasteiger partial charge in [0.25, 0.3) is 5.91 Å². The summed E-state index contributed by atoms with van der Waals surface area (Å²) < 4.78 is 0. The van der Waals surface area contributed by atoms with Gasteiger partial charge in [0.1, 0.15) is 11.5 Å². The van der Waals surface area contributed by atoms with E-state index in [0.717, 1.165) is 12.8 Å². The first-order valence-electron chi connectivity index (χ1n) is 6.61. The van der Waals surface area contributed by atoms with Crippen molar-refractivity contribution in [2.45, 2.75) is 45.1 Å².